The third-order valence-electron chi connectivity index (χ3n) is 7.14. The second kappa shape index (κ2) is 11.0. The highest BCUT2D eigenvalue weighted by Crippen LogP contribution is 2.47. The quantitative estimate of drug-likeness (QED) is 0.377. The van der Waals surface area contributed by atoms with Crippen LogP contribution in [0.5, 0.6) is 0 Å². The third-order valence-corrected chi connectivity index (χ3v) is 7.14. The topological polar surface area (TPSA) is 99.4 Å². The molecule has 3 aromatic carbocycles. The van der Waals surface area contributed by atoms with E-state index < -0.39 is 42.2 Å². The summed E-state index contributed by atoms with van der Waals surface area (Å²) in [6, 6.07) is 28.1. The summed E-state index contributed by atoms with van der Waals surface area (Å²) in [5, 5.41) is 46.3. The van der Waals surface area contributed by atoms with Gasteiger partial charge in [-0.25, -0.2) is 0 Å². The van der Waals surface area contributed by atoms with Crippen LogP contribution in [0.2, 0.25) is 0 Å². The molecule has 0 saturated carbocycles. The van der Waals surface area contributed by atoms with Crippen LogP contribution in [0.25, 0.3) is 0 Å². The summed E-state index contributed by atoms with van der Waals surface area (Å²) in [6.07, 6.45) is -2.93. The lowest BCUT2D eigenvalue weighted by Gasteiger charge is -2.57. The van der Waals surface area contributed by atoms with Gasteiger partial charge in [0, 0.05) is 32.3 Å². The van der Waals surface area contributed by atoms with Gasteiger partial charge in [-0.2, -0.15) is 0 Å². The zero-order chi connectivity index (χ0) is 24.9. The van der Waals surface area contributed by atoms with E-state index in [0.717, 1.165) is 16.7 Å². The minimum atomic E-state index is -1.91. The molecule has 0 amide bonds. The summed E-state index contributed by atoms with van der Waals surface area (Å²) >= 11 is 0. The van der Waals surface area contributed by atoms with Crippen molar-refractivity contribution in [2.24, 2.45) is 5.92 Å². The molecule has 0 radical (unpaired) electrons. The summed E-state index contributed by atoms with van der Waals surface area (Å²) in [6.45, 7) is -0.493. The molecule has 4 N–H and O–H groups in total. The van der Waals surface area contributed by atoms with E-state index in [0.29, 0.717) is 0 Å². The molecule has 0 bridgehead atoms. The molecule has 1 unspecified atom stereocenters. The number of ether oxygens (including phenoxy) is 2. The van der Waals surface area contributed by atoms with Gasteiger partial charge in [-0.15, -0.1) is 0 Å². The van der Waals surface area contributed by atoms with E-state index in [1.54, 1.807) is 0 Å². The van der Waals surface area contributed by atoms with Crippen molar-refractivity contribution < 1.29 is 29.9 Å². The highest BCUT2D eigenvalue weighted by molar-refractivity contribution is 5.27. The zero-order valence-electron chi connectivity index (χ0n) is 19.9. The first-order valence-corrected chi connectivity index (χ1v) is 11.9. The molecule has 1 saturated heterocycles. The van der Waals surface area contributed by atoms with Crippen LogP contribution in [0, 0.1) is 5.92 Å². The number of rotatable bonds is 9. The molecule has 1 fully saturated rings. The Morgan fingerprint density at radius 1 is 0.771 bits per heavy atom. The van der Waals surface area contributed by atoms with E-state index in [1.807, 2.05) is 91.0 Å². The van der Waals surface area contributed by atoms with Crippen molar-refractivity contribution in [3.63, 3.8) is 0 Å². The molecule has 0 spiro atoms. The molecule has 6 heteroatoms. The van der Waals surface area contributed by atoms with E-state index in [-0.39, 0.29) is 19.3 Å². The monoisotopic (exact) mass is 478 g/mol. The largest absolute Gasteiger partial charge is 0.396 e. The summed E-state index contributed by atoms with van der Waals surface area (Å²) in [5.41, 5.74) is -1.32. The van der Waals surface area contributed by atoms with Gasteiger partial charge in [0.25, 0.3) is 0 Å². The summed E-state index contributed by atoms with van der Waals surface area (Å²) in [7, 11) is 1.41. The van der Waals surface area contributed by atoms with E-state index in [4.69, 9.17) is 9.47 Å². The number of benzene rings is 3. The Hall–Kier alpha value is -2.58. The Kier molecular flexibility index (Phi) is 8.02. The SMILES string of the molecule is CO[C@H]1O[C@H](C(O)Cc2ccccc2)[C@@H](CO)[C@@](O)(Cc2ccccc2)[C@]1(O)Cc1ccccc1. The molecule has 186 valence electrons. The van der Waals surface area contributed by atoms with Crippen LogP contribution < -0.4 is 0 Å². The maximum atomic E-state index is 12.4. The molecule has 1 aliphatic rings. The average Bonchev–Trinajstić information content (AvgIpc) is 2.87. The second-order valence-electron chi connectivity index (χ2n) is 9.39. The fraction of sp³-hybridized carbons (Fsp3) is 0.379. The highest BCUT2D eigenvalue weighted by atomic mass is 16.7. The molecule has 1 heterocycles. The number of aliphatic hydroxyl groups excluding tert-OH is 2. The summed E-state index contributed by atoms with van der Waals surface area (Å²) < 4.78 is 11.8. The molecule has 0 aromatic heterocycles. The predicted molar refractivity (Wildman–Crippen MR) is 133 cm³/mol. The van der Waals surface area contributed by atoms with Crippen LogP contribution in [0.3, 0.4) is 0 Å². The van der Waals surface area contributed by atoms with Crippen molar-refractivity contribution in [3.8, 4) is 0 Å². The molecule has 1 aliphatic heterocycles. The molecule has 0 aliphatic carbocycles. The molecule has 6 atom stereocenters. The van der Waals surface area contributed by atoms with Gasteiger partial charge in [0.1, 0.15) is 11.2 Å². The first-order chi connectivity index (χ1) is 16.9. The fourth-order valence-corrected chi connectivity index (χ4v) is 5.32. The van der Waals surface area contributed by atoms with Crippen LogP contribution in [0.1, 0.15) is 16.7 Å². The molecular formula is C29H34O6. The van der Waals surface area contributed by atoms with E-state index in [9.17, 15) is 20.4 Å². The van der Waals surface area contributed by atoms with Crippen molar-refractivity contribution >= 4 is 0 Å². The maximum Gasteiger partial charge on any atom is 0.189 e. The Labute approximate surface area is 206 Å². The predicted octanol–water partition coefficient (Wildman–Crippen LogP) is 2.52. The molecule has 3 aromatic rings. The van der Waals surface area contributed by atoms with Crippen molar-refractivity contribution in [1.82, 2.24) is 0 Å². The van der Waals surface area contributed by atoms with Crippen molar-refractivity contribution in [2.45, 2.75) is 49.0 Å². The highest BCUT2D eigenvalue weighted by Gasteiger charge is 2.65. The van der Waals surface area contributed by atoms with E-state index in [2.05, 4.69) is 0 Å². The Morgan fingerprint density at radius 3 is 1.69 bits per heavy atom. The third kappa shape index (κ3) is 5.19. The van der Waals surface area contributed by atoms with Crippen LogP contribution in [-0.4, -0.2) is 63.8 Å². The van der Waals surface area contributed by atoms with Gasteiger partial charge >= 0.3 is 0 Å². The number of hydrogen-bond acceptors (Lipinski definition) is 6. The van der Waals surface area contributed by atoms with Gasteiger partial charge in [-0.1, -0.05) is 91.0 Å². The van der Waals surface area contributed by atoms with Crippen LogP contribution in [0.4, 0.5) is 0 Å². The summed E-state index contributed by atoms with van der Waals surface area (Å²) in [5.74, 6) is -0.985. The molecule has 4 rings (SSSR count). The smallest absolute Gasteiger partial charge is 0.189 e. The molecule has 35 heavy (non-hydrogen) atoms. The molecule has 6 nitrogen and oxygen atoms in total. The van der Waals surface area contributed by atoms with Gasteiger partial charge in [-0.3, -0.25) is 0 Å². The maximum absolute atomic E-state index is 12.4. The van der Waals surface area contributed by atoms with Crippen LogP contribution in [-0.2, 0) is 28.7 Å². The Balaban J connectivity index is 1.76. The minimum Gasteiger partial charge on any atom is -0.396 e. The van der Waals surface area contributed by atoms with Crippen LogP contribution in [0.15, 0.2) is 91.0 Å². The molecular weight excluding hydrogens is 444 g/mol. The minimum absolute atomic E-state index is 0.0354. The average molecular weight is 479 g/mol. The zero-order valence-corrected chi connectivity index (χ0v) is 19.9. The van der Waals surface area contributed by atoms with Gasteiger partial charge in [0.05, 0.1) is 18.8 Å². The first kappa shape index (κ1) is 25.5. The van der Waals surface area contributed by atoms with Crippen molar-refractivity contribution in [3.05, 3.63) is 108 Å². The van der Waals surface area contributed by atoms with Crippen molar-refractivity contribution in [2.75, 3.05) is 13.7 Å². The normalized spacial score (nSPS) is 29.6. The Morgan fingerprint density at radius 2 is 1.23 bits per heavy atom. The van der Waals surface area contributed by atoms with E-state index in [1.165, 1.54) is 7.11 Å². The van der Waals surface area contributed by atoms with Gasteiger partial charge in [-0.05, 0) is 16.7 Å². The number of hydrogen-bond donors (Lipinski definition) is 4. The Bertz CT molecular complexity index is 1050. The van der Waals surface area contributed by atoms with Gasteiger partial charge in [0.2, 0.25) is 0 Å². The number of methoxy groups -OCH3 is 1. The van der Waals surface area contributed by atoms with Gasteiger partial charge in [0.15, 0.2) is 6.29 Å². The number of aliphatic hydroxyl groups is 4. The summed E-state index contributed by atoms with van der Waals surface area (Å²) in [4.78, 5) is 0. The van der Waals surface area contributed by atoms with Crippen LogP contribution >= 0.6 is 0 Å². The standard InChI is InChI=1S/C29H34O6/c1-34-27-29(33,19-23-15-9-4-10-16-23)28(32,18-22-13-7-3-8-14-22)24(20-30)26(35-27)25(31)17-21-11-5-2-6-12-21/h2-16,24-27,30-33H,17-20H2,1H3/t24-,25?,26+,27+,28+,29+/m1/s1. The van der Waals surface area contributed by atoms with E-state index >= 15 is 0 Å². The fourth-order valence-electron chi connectivity index (χ4n) is 5.32. The van der Waals surface area contributed by atoms with Gasteiger partial charge < -0.3 is 29.9 Å². The van der Waals surface area contributed by atoms with Crippen molar-refractivity contribution in [1.29, 1.82) is 0 Å². The first-order valence-electron chi connectivity index (χ1n) is 11.9. The lowest BCUT2D eigenvalue weighted by molar-refractivity contribution is -0.369. The second-order valence-corrected chi connectivity index (χ2v) is 9.39. The lowest BCUT2D eigenvalue weighted by atomic mass is 9.63. The lowest BCUT2D eigenvalue weighted by Crippen LogP contribution is -2.75.